The number of Topliss-reactive ketones (excluding diaryl/α,β-unsaturated/α-hetero) is 2. The van der Waals surface area contributed by atoms with Crippen LogP contribution in [0.1, 0.15) is 42.1 Å². The molecule has 5 heteroatoms. The average Bonchev–Trinajstić information content (AvgIpc) is 2.70. The van der Waals surface area contributed by atoms with E-state index < -0.39 is 12.1 Å². The van der Waals surface area contributed by atoms with E-state index in [-0.39, 0.29) is 24.4 Å². The normalized spacial score (nSPS) is 20.5. The van der Waals surface area contributed by atoms with Crippen molar-refractivity contribution in [3.63, 3.8) is 0 Å². The van der Waals surface area contributed by atoms with Gasteiger partial charge in [0.05, 0.1) is 18.8 Å². The summed E-state index contributed by atoms with van der Waals surface area (Å²) in [7, 11) is 1.51. The van der Waals surface area contributed by atoms with Gasteiger partial charge in [0.2, 0.25) is 0 Å². The number of fused-ring (bicyclic) bond motifs is 1. The van der Waals surface area contributed by atoms with Crippen LogP contribution in [-0.4, -0.2) is 25.4 Å². The number of halogens is 2. The third-order valence-corrected chi connectivity index (χ3v) is 4.46. The maximum atomic E-state index is 12.9. The molecule has 0 unspecified atom stereocenters. The van der Waals surface area contributed by atoms with Crippen molar-refractivity contribution in [2.75, 3.05) is 13.8 Å². The van der Waals surface area contributed by atoms with Gasteiger partial charge >= 0.3 is 0 Å². The first-order valence-corrected chi connectivity index (χ1v) is 7.28. The van der Waals surface area contributed by atoms with E-state index in [1.54, 1.807) is 12.1 Å². The first-order valence-electron chi connectivity index (χ1n) is 6.90. The number of ketones is 2. The van der Waals surface area contributed by atoms with Crippen molar-refractivity contribution < 1.29 is 18.7 Å². The summed E-state index contributed by atoms with van der Waals surface area (Å²) < 4.78 is 18.1. The molecule has 114 valence electrons. The van der Waals surface area contributed by atoms with Gasteiger partial charge in [0.15, 0.2) is 5.78 Å². The zero-order chi connectivity index (χ0) is 15.6. The maximum absolute atomic E-state index is 12.9. The molecule has 0 radical (unpaired) electrons. The molecule has 1 atom stereocenters. The lowest BCUT2D eigenvalue weighted by Gasteiger charge is -2.25. The minimum absolute atomic E-state index is 0.00704. The van der Waals surface area contributed by atoms with E-state index in [1.165, 1.54) is 14.0 Å². The van der Waals surface area contributed by atoms with Crippen LogP contribution in [-0.2, 0) is 11.2 Å². The monoisotopic (exact) mass is 312 g/mol. The lowest BCUT2D eigenvalue weighted by molar-refractivity contribution is -0.117. The number of methoxy groups -OCH3 is 1. The first kappa shape index (κ1) is 16.0. The molecule has 0 bridgehead atoms. The van der Waals surface area contributed by atoms with Gasteiger partial charge in [-0.1, -0.05) is 11.6 Å². The largest absolute Gasteiger partial charge is 0.495 e. The van der Waals surface area contributed by atoms with Crippen LogP contribution in [0.25, 0.3) is 0 Å². The van der Waals surface area contributed by atoms with Crippen molar-refractivity contribution in [3.05, 3.63) is 28.3 Å². The van der Waals surface area contributed by atoms with Gasteiger partial charge in [-0.3, -0.25) is 9.18 Å². The second-order valence-corrected chi connectivity index (χ2v) is 5.98. The van der Waals surface area contributed by atoms with Crippen molar-refractivity contribution >= 4 is 23.2 Å². The lowest BCUT2D eigenvalue weighted by atomic mass is 9.76. The Labute approximate surface area is 128 Å². The van der Waals surface area contributed by atoms with Gasteiger partial charge in [0.1, 0.15) is 11.5 Å². The van der Waals surface area contributed by atoms with Crippen LogP contribution in [0.15, 0.2) is 12.1 Å². The Morgan fingerprint density at radius 2 is 2.14 bits per heavy atom. The minimum atomic E-state index is -0.821. The fourth-order valence-corrected chi connectivity index (χ4v) is 3.21. The van der Waals surface area contributed by atoms with Crippen molar-refractivity contribution in [2.45, 2.75) is 32.6 Å². The van der Waals surface area contributed by atoms with Gasteiger partial charge in [-0.15, -0.1) is 0 Å². The number of benzene rings is 1. The Hall–Kier alpha value is -1.42. The standard InChI is InChI=1S/C16H18ClFO3/c1-10(19)3-4-16(5-6-18)9-11-7-14(21-2)13(17)8-12(11)15(16)20/h7-8H,3-6,9H2,1-2H3/t16-/m1/s1. The summed E-state index contributed by atoms with van der Waals surface area (Å²) in [6.07, 6.45) is 1.23. The van der Waals surface area contributed by atoms with Crippen LogP contribution in [0.2, 0.25) is 5.02 Å². The zero-order valence-corrected chi connectivity index (χ0v) is 12.9. The van der Waals surface area contributed by atoms with Crippen LogP contribution in [0, 0.1) is 5.41 Å². The molecule has 1 aliphatic rings. The van der Waals surface area contributed by atoms with E-state index >= 15 is 0 Å². The summed E-state index contributed by atoms with van der Waals surface area (Å²) in [5.41, 5.74) is 0.523. The zero-order valence-electron chi connectivity index (χ0n) is 12.2. The average molecular weight is 313 g/mol. The van der Waals surface area contributed by atoms with Crippen LogP contribution in [0.3, 0.4) is 0 Å². The highest BCUT2D eigenvalue weighted by Crippen LogP contribution is 2.45. The van der Waals surface area contributed by atoms with Crippen molar-refractivity contribution in [3.8, 4) is 5.75 Å². The van der Waals surface area contributed by atoms with E-state index in [4.69, 9.17) is 16.3 Å². The van der Waals surface area contributed by atoms with Crippen molar-refractivity contribution in [2.24, 2.45) is 5.41 Å². The molecular weight excluding hydrogens is 295 g/mol. The van der Waals surface area contributed by atoms with E-state index in [2.05, 4.69) is 0 Å². The summed E-state index contributed by atoms with van der Waals surface area (Å²) in [5, 5.41) is 0.368. The predicted molar refractivity (Wildman–Crippen MR) is 79.0 cm³/mol. The molecule has 1 aromatic rings. The van der Waals surface area contributed by atoms with E-state index in [9.17, 15) is 14.0 Å². The highest BCUT2D eigenvalue weighted by atomic mass is 35.5. The predicted octanol–water partition coefficient (Wildman–Crippen LogP) is 3.80. The summed E-state index contributed by atoms with van der Waals surface area (Å²) in [4.78, 5) is 23.9. The van der Waals surface area contributed by atoms with Crippen LogP contribution in [0.5, 0.6) is 5.75 Å². The smallest absolute Gasteiger partial charge is 0.169 e. The minimum Gasteiger partial charge on any atom is -0.495 e. The molecule has 0 aromatic heterocycles. The molecule has 3 nitrogen and oxygen atoms in total. The molecule has 0 spiro atoms. The Morgan fingerprint density at radius 1 is 1.43 bits per heavy atom. The van der Waals surface area contributed by atoms with Crippen molar-refractivity contribution in [1.29, 1.82) is 0 Å². The van der Waals surface area contributed by atoms with Gasteiger partial charge in [-0.25, -0.2) is 0 Å². The second-order valence-electron chi connectivity index (χ2n) is 5.57. The van der Waals surface area contributed by atoms with Gasteiger partial charge in [0.25, 0.3) is 0 Å². The van der Waals surface area contributed by atoms with E-state index in [1.807, 2.05) is 0 Å². The molecule has 0 fully saturated rings. The number of carbonyl (C=O) groups is 2. The third kappa shape index (κ3) is 2.95. The third-order valence-electron chi connectivity index (χ3n) is 4.16. The molecule has 21 heavy (non-hydrogen) atoms. The Kier molecular flexibility index (Phi) is 4.67. The number of hydrogen-bond donors (Lipinski definition) is 0. The summed E-state index contributed by atoms with van der Waals surface area (Å²) in [6.45, 7) is 0.901. The topological polar surface area (TPSA) is 43.4 Å². The van der Waals surface area contributed by atoms with Gasteiger partial charge < -0.3 is 9.53 Å². The molecule has 1 aromatic carbocycles. The fourth-order valence-electron chi connectivity index (χ4n) is 2.97. The van der Waals surface area contributed by atoms with Crippen molar-refractivity contribution in [1.82, 2.24) is 0 Å². The summed E-state index contributed by atoms with van der Waals surface area (Å²) in [5.74, 6) is 0.402. The van der Waals surface area contributed by atoms with Gasteiger partial charge in [-0.2, -0.15) is 0 Å². The van der Waals surface area contributed by atoms with Gasteiger partial charge in [-0.05, 0) is 43.9 Å². The number of rotatable bonds is 6. The molecule has 0 saturated heterocycles. The SMILES string of the molecule is COc1cc2c(cc1Cl)C(=O)[C@@](CCF)(CCC(C)=O)C2. The number of ether oxygens (including phenoxy) is 1. The second kappa shape index (κ2) is 6.14. The summed E-state index contributed by atoms with van der Waals surface area (Å²) in [6, 6.07) is 3.33. The molecule has 0 amide bonds. The summed E-state index contributed by atoms with van der Waals surface area (Å²) >= 11 is 6.07. The molecular formula is C16H18ClFO3. The quantitative estimate of drug-likeness (QED) is 0.802. The van der Waals surface area contributed by atoms with Crippen LogP contribution in [0.4, 0.5) is 4.39 Å². The Bertz CT molecular complexity index is 585. The van der Waals surface area contributed by atoms with Crippen LogP contribution < -0.4 is 4.74 Å². The van der Waals surface area contributed by atoms with E-state index in [0.717, 1.165) is 5.56 Å². The molecule has 2 rings (SSSR count). The fraction of sp³-hybridized carbons (Fsp3) is 0.500. The number of hydrogen-bond acceptors (Lipinski definition) is 3. The number of alkyl halides is 1. The molecule has 1 aliphatic carbocycles. The first-order chi connectivity index (χ1) is 9.93. The Balaban J connectivity index is 2.38. The number of carbonyl (C=O) groups excluding carboxylic acids is 2. The molecule has 0 heterocycles. The molecule has 0 aliphatic heterocycles. The highest BCUT2D eigenvalue weighted by molar-refractivity contribution is 6.32. The van der Waals surface area contributed by atoms with Gasteiger partial charge in [0, 0.05) is 17.4 Å². The molecule has 0 N–H and O–H groups in total. The van der Waals surface area contributed by atoms with E-state index in [0.29, 0.717) is 29.2 Å². The molecule has 0 saturated carbocycles. The van der Waals surface area contributed by atoms with Crippen LogP contribution >= 0.6 is 11.6 Å². The lowest BCUT2D eigenvalue weighted by Crippen LogP contribution is -2.29. The maximum Gasteiger partial charge on any atom is 0.169 e. The highest BCUT2D eigenvalue weighted by Gasteiger charge is 2.45. The Morgan fingerprint density at radius 3 is 2.71 bits per heavy atom.